The summed E-state index contributed by atoms with van der Waals surface area (Å²) in [5, 5.41) is 8.22. The van der Waals surface area contributed by atoms with E-state index < -0.39 is 0 Å². The molecule has 22 heavy (non-hydrogen) atoms. The Kier molecular flexibility index (Phi) is 5.26. The van der Waals surface area contributed by atoms with E-state index >= 15 is 0 Å². The van der Waals surface area contributed by atoms with Crippen LogP contribution in [0.4, 0.5) is 5.69 Å². The summed E-state index contributed by atoms with van der Waals surface area (Å²) in [6.45, 7) is 1.68. The van der Waals surface area contributed by atoms with Gasteiger partial charge in [-0.1, -0.05) is 6.07 Å². The van der Waals surface area contributed by atoms with E-state index in [2.05, 4.69) is 16.0 Å². The van der Waals surface area contributed by atoms with Crippen molar-refractivity contribution in [2.45, 2.75) is 13.5 Å². The number of furan rings is 1. The van der Waals surface area contributed by atoms with E-state index in [1.54, 1.807) is 42.7 Å². The van der Waals surface area contributed by atoms with Crippen LogP contribution in [0.3, 0.4) is 0 Å². The normalized spacial score (nSPS) is 9.86. The predicted octanol–water partition coefficient (Wildman–Crippen LogP) is 2.04. The van der Waals surface area contributed by atoms with Crippen LogP contribution in [0.15, 0.2) is 47.1 Å². The highest BCUT2D eigenvalue weighted by molar-refractivity contribution is 7.80. The van der Waals surface area contributed by atoms with Gasteiger partial charge in [-0.25, -0.2) is 0 Å². The molecule has 0 saturated heterocycles. The highest BCUT2D eigenvalue weighted by Crippen LogP contribution is 2.11. The molecule has 1 aromatic carbocycles. The number of carbonyl (C=O) groups is 2. The smallest absolute Gasteiger partial charge is 0.251 e. The molecule has 0 radical (unpaired) electrons. The third kappa shape index (κ3) is 4.71. The van der Waals surface area contributed by atoms with Gasteiger partial charge in [0.2, 0.25) is 5.91 Å². The van der Waals surface area contributed by atoms with Crippen molar-refractivity contribution in [3.8, 4) is 0 Å². The van der Waals surface area contributed by atoms with Gasteiger partial charge in [0.05, 0.1) is 12.8 Å². The first kappa shape index (κ1) is 15.7. The van der Waals surface area contributed by atoms with Crippen LogP contribution in [0, 0.1) is 0 Å². The Morgan fingerprint density at radius 2 is 2.05 bits per heavy atom. The van der Waals surface area contributed by atoms with Crippen molar-refractivity contribution in [3.05, 3.63) is 54.0 Å². The van der Waals surface area contributed by atoms with Gasteiger partial charge >= 0.3 is 0 Å². The molecule has 0 saturated carbocycles. The van der Waals surface area contributed by atoms with E-state index in [0.29, 0.717) is 23.6 Å². The minimum absolute atomic E-state index is 0.181. The second-order valence-electron chi connectivity index (χ2n) is 4.48. The minimum Gasteiger partial charge on any atom is -0.467 e. The van der Waals surface area contributed by atoms with Crippen LogP contribution in [0.5, 0.6) is 0 Å². The molecular formula is C15H15N3O3S. The molecule has 0 atom stereocenters. The van der Waals surface area contributed by atoms with E-state index in [9.17, 15) is 9.59 Å². The molecule has 6 nitrogen and oxygen atoms in total. The van der Waals surface area contributed by atoms with Crippen LogP contribution in [-0.2, 0) is 11.3 Å². The van der Waals surface area contributed by atoms with Crippen molar-refractivity contribution in [2.75, 3.05) is 5.32 Å². The predicted molar refractivity (Wildman–Crippen MR) is 86.4 cm³/mol. The zero-order valence-electron chi connectivity index (χ0n) is 11.9. The Balaban J connectivity index is 1.96. The van der Waals surface area contributed by atoms with Crippen molar-refractivity contribution in [1.82, 2.24) is 10.6 Å². The lowest BCUT2D eigenvalue weighted by Crippen LogP contribution is -2.32. The third-order valence-electron chi connectivity index (χ3n) is 2.68. The topological polar surface area (TPSA) is 83.4 Å². The zero-order valence-corrected chi connectivity index (χ0v) is 12.7. The van der Waals surface area contributed by atoms with Crippen molar-refractivity contribution in [2.24, 2.45) is 0 Å². The summed E-state index contributed by atoms with van der Waals surface area (Å²) in [6.07, 6.45) is 1.55. The van der Waals surface area contributed by atoms with Crippen LogP contribution in [-0.4, -0.2) is 16.9 Å². The number of hydrogen-bond acceptors (Lipinski definition) is 4. The number of hydrogen-bond donors (Lipinski definition) is 3. The monoisotopic (exact) mass is 317 g/mol. The van der Waals surface area contributed by atoms with Gasteiger partial charge in [0, 0.05) is 18.2 Å². The average molecular weight is 317 g/mol. The highest BCUT2D eigenvalue weighted by atomic mass is 32.1. The molecule has 2 rings (SSSR count). The van der Waals surface area contributed by atoms with Gasteiger partial charge in [-0.05, 0) is 42.5 Å². The van der Waals surface area contributed by atoms with Gasteiger partial charge in [0.25, 0.3) is 5.91 Å². The summed E-state index contributed by atoms with van der Waals surface area (Å²) in [6, 6.07) is 10.3. The molecule has 0 aliphatic carbocycles. The Morgan fingerprint density at radius 1 is 1.23 bits per heavy atom. The molecule has 0 bridgehead atoms. The number of thiocarbonyl (C=S) groups is 1. The Morgan fingerprint density at radius 3 is 2.73 bits per heavy atom. The fourth-order valence-electron chi connectivity index (χ4n) is 1.74. The summed E-state index contributed by atoms with van der Waals surface area (Å²) in [5.74, 6) is 0.185. The van der Waals surface area contributed by atoms with Gasteiger partial charge in [0.15, 0.2) is 5.11 Å². The maximum Gasteiger partial charge on any atom is 0.251 e. The molecule has 0 unspecified atom stereocenters. The minimum atomic E-state index is -0.259. The van der Waals surface area contributed by atoms with Gasteiger partial charge in [-0.2, -0.15) is 0 Å². The lowest BCUT2D eigenvalue weighted by Gasteiger charge is -2.09. The fourth-order valence-corrected chi connectivity index (χ4v) is 2.00. The van der Waals surface area contributed by atoms with Crippen molar-refractivity contribution in [1.29, 1.82) is 0 Å². The standard InChI is InChI=1S/C15H15N3O3S/c1-10(19)17-15(22)18-12-5-2-4-11(8-12)14(20)16-9-13-6-3-7-21-13/h2-8H,9H2,1H3,(H,16,20)(H2,17,18,19,22). The second kappa shape index (κ2) is 7.37. The lowest BCUT2D eigenvalue weighted by atomic mass is 10.2. The van der Waals surface area contributed by atoms with Crippen LogP contribution >= 0.6 is 12.2 Å². The summed E-state index contributed by atoms with van der Waals surface area (Å²) in [5.41, 5.74) is 1.09. The average Bonchev–Trinajstić information content (AvgIpc) is 2.97. The SMILES string of the molecule is CC(=O)NC(=S)Nc1cccc(C(=O)NCc2ccco2)c1. The number of carbonyl (C=O) groups excluding carboxylic acids is 2. The summed E-state index contributed by atoms with van der Waals surface area (Å²) in [7, 11) is 0. The Hall–Kier alpha value is -2.67. The Bertz CT molecular complexity index is 683. The molecule has 7 heteroatoms. The molecule has 0 aliphatic rings. The molecule has 114 valence electrons. The number of benzene rings is 1. The van der Waals surface area contributed by atoms with E-state index in [1.165, 1.54) is 6.92 Å². The molecule has 2 aromatic rings. The maximum absolute atomic E-state index is 12.1. The fraction of sp³-hybridized carbons (Fsp3) is 0.133. The maximum atomic E-state index is 12.1. The van der Waals surface area contributed by atoms with Crippen molar-refractivity contribution in [3.63, 3.8) is 0 Å². The van der Waals surface area contributed by atoms with Gasteiger partial charge in [-0.15, -0.1) is 0 Å². The first-order valence-corrected chi connectivity index (χ1v) is 6.94. The summed E-state index contributed by atoms with van der Waals surface area (Å²) in [4.78, 5) is 23.0. The number of nitrogens with one attached hydrogen (secondary N) is 3. The third-order valence-corrected chi connectivity index (χ3v) is 2.88. The molecule has 1 aromatic heterocycles. The first-order chi connectivity index (χ1) is 10.5. The van der Waals surface area contributed by atoms with Gasteiger partial charge < -0.3 is 20.4 Å². The van der Waals surface area contributed by atoms with E-state index in [4.69, 9.17) is 16.6 Å². The molecular weight excluding hydrogens is 302 g/mol. The Labute approximate surface area is 132 Å². The lowest BCUT2D eigenvalue weighted by molar-refractivity contribution is -0.117. The van der Waals surface area contributed by atoms with Crippen LogP contribution in [0.1, 0.15) is 23.0 Å². The molecule has 0 fully saturated rings. The van der Waals surface area contributed by atoms with Gasteiger partial charge in [-0.3, -0.25) is 9.59 Å². The summed E-state index contributed by atoms with van der Waals surface area (Å²) < 4.78 is 5.15. The molecule has 2 amide bonds. The van der Waals surface area contributed by atoms with Crippen LogP contribution < -0.4 is 16.0 Å². The first-order valence-electron chi connectivity index (χ1n) is 6.54. The van der Waals surface area contributed by atoms with E-state index in [1.807, 2.05) is 0 Å². The zero-order chi connectivity index (χ0) is 15.9. The molecule has 3 N–H and O–H groups in total. The van der Waals surface area contributed by atoms with Crippen LogP contribution in [0.25, 0.3) is 0 Å². The molecule has 1 heterocycles. The number of anilines is 1. The van der Waals surface area contributed by atoms with E-state index in [-0.39, 0.29) is 16.9 Å². The second-order valence-corrected chi connectivity index (χ2v) is 4.89. The van der Waals surface area contributed by atoms with Crippen molar-refractivity contribution < 1.29 is 14.0 Å². The van der Waals surface area contributed by atoms with Crippen molar-refractivity contribution >= 4 is 34.8 Å². The largest absolute Gasteiger partial charge is 0.467 e. The molecule has 0 spiro atoms. The highest BCUT2D eigenvalue weighted by Gasteiger charge is 2.08. The number of rotatable bonds is 4. The van der Waals surface area contributed by atoms with Crippen LogP contribution in [0.2, 0.25) is 0 Å². The molecule has 0 aliphatic heterocycles. The van der Waals surface area contributed by atoms with Gasteiger partial charge in [0.1, 0.15) is 5.76 Å². The summed E-state index contributed by atoms with van der Waals surface area (Å²) >= 11 is 4.97. The number of amides is 2. The van der Waals surface area contributed by atoms with E-state index in [0.717, 1.165) is 0 Å². The quantitative estimate of drug-likeness (QED) is 0.752.